The molecule has 0 bridgehead atoms. The Morgan fingerprint density at radius 2 is 2.06 bits per heavy atom. The maximum atomic E-state index is 11.9. The Bertz CT molecular complexity index is 616. The molecule has 1 aliphatic rings. The van der Waals surface area contributed by atoms with E-state index in [1.807, 2.05) is 24.3 Å². The summed E-state index contributed by atoms with van der Waals surface area (Å²) in [5.41, 5.74) is 9.06. The quantitative estimate of drug-likeness (QED) is 0.688. The number of H-pyrrole nitrogens is 1. The summed E-state index contributed by atoms with van der Waals surface area (Å²) in [7, 11) is 0. The number of nitrogen functional groups attached to an aromatic ring is 1. The number of nitrogens with two attached hydrogens (primary N) is 1. The summed E-state index contributed by atoms with van der Waals surface area (Å²) >= 11 is 0. The molecule has 0 saturated heterocycles. The van der Waals surface area contributed by atoms with Gasteiger partial charge in [0.1, 0.15) is 0 Å². The van der Waals surface area contributed by atoms with Gasteiger partial charge in [0.15, 0.2) is 0 Å². The van der Waals surface area contributed by atoms with Crippen LogP contribution < -0.4 is 11.3 Å². The third-order valence-corrected chi connectivity index (χ3v) is 2.93. The van der Waals surface area contributed by atoms with Crippen molar-refractivity contribution in [2.75, 3.05) is 5.73 Å². The second kappa shape index (κ2) is 3.20. The lowest BCUT2D eigenvalue weighted by Gasteiger charge is -2.17. The van der Waals surface area contributed by atoms with Crippen LogP contribution in [0.25, 0.3) is 11.1 Å². The van der Waals surface area contributed by atoms with Crippen molar-refractivity contribution in [3.8, 4) is 11.1 Å². The van der Waals surface area contributed by atoms with Crippen molar-refractivity contribution < 1.29 is 0 Å². The Hall–Kier alpha value is -2.10. The summed E-state index contributed by atoms with van der Waals surface area (Å²) in [4.78, 5) is 18.6. The van der Waals surface area contributed by atoms with E-state index in [0.29, 0.717) is 5.56 Å². The first-order valence-electron chi connectivity index (χ1n) is 5.22. The second-order valence-corrected chi connectivity index (χ2v) is 3.93. The summed E-state index contributed by atoms with van der Waals surface area (Å²) in [6.45, 7) is 0. The molecule has 0 atom stereocenters. The highest BCUT2D eigenvalue weighted by molar-refractivity contribution is 5.71. The predicted molar refractivity (Wildman–Crippen MR) is 62.1 cm³/mol. The molecule has 3 rings (SSSR count). The molecule has 1 aliphatic carbocycles. The van der Waals surface area contributed by atoms with Gasteiger partial charge in [0, 0.05) is 0 Å². The van der Waals surface area contributed by atoms with Crippen molar-refractivity contribution in [2.24, 2.45) is 0 Å². The number of rotatable bonds is 0. The molecule has 0 spiro atoms. The fraction of sp³-hybridized carbons (Fsp3) is 0.167. The number of aryl methyl sites for hydroxylation is 2. The van der Waals surface area contributed by atoms with Crippen LogP contribution in [0, 0.1) is 0 Å². The molecule has 1 heterocycles. The molecule has 80 valence electrons. The first kappa shape index (κ1) is 9.15. The predicted octanol–water partition coefficient (Wildman–Crippen LogP) is 1.12. The molecule has 4 nitrogen and oxygen atoms in total. The molecular formula is C12H11N3O. The van der Waals surface area contributed by atoms with Crippen LogP contribution in [-0.4, -0.2) is 9.97 Å². The van der Waals surface area contributed by atoms with Gasteiger partial charge in [0.2, 0.25) is 5.95 Å². The van der Waals surface area contributed by atoms with Crippen LogP contribution in [0.5, 0.6) is 0 Å². The van der Waals surface area contributed by atoms with Crippen LogP contribution in [-0.2, 0) is 12.8 Å². The van der Waals surface area contributed by atoms with Crippen LogP contribution in [0.4, 0.5) is 5.95 Å². The Morgan fingerprint density at radius 3 is 2.94 bits per heavy atom. The van der Waals surface area contributed by atoms with E-state index in [0.717, 1.165) is 24.1 Å². The van der Waals surface area contributed by atoms with Gasteiger partial charge in [-0.05, 0) is 24.0 Å². The molecule has 16 heavy (non-hydrogen) atoms. The highest BCUT2D eigenvalue weighted by Gasteiger charge is 2.20. The number of fused-ring (bicyclic) bond motifs is 3. The smallest absolute Gasteiger partial charge is 0.260 e. The van der Waals surface area contributed by atoms with Crippen molar-refractivity contribution in [3.05, 3.63) is 45.9 Å². The minimum atomic E-state index is -0.144. The van der Waals surface area contributed by atoms with Gasteiger partial charge in [0.25, 0.3) is 5.56 Å². The molecule has 1 aromatic heterocycles. The zero-order valence-electron chi connectivity index (χ0n) is 8.66. The first-order chi connectivity index (χ1) is 7.75. The van der Waals surface area contributed by atoms with Gasteiger partial charge in [-0.2, -0.15) is 0 Å². The lowest BCUT2D eigenvalue weighted by molar-refractivity contribution is 0.880. The zero-order valence-corrected chi connectivity index (χ0v) is 8.66. The molecular weight excluding hydrogens is 202 g/mol. The molecule has 4 heteroatoms. The molecule has 0 aliphatic heterocycles. The van der Waals surface area contributed by atoms with Gasteiger partial charge < -0.3 is 5.73 Å². The van der Waals surface area contributed by atoms with E-state index in [2.05, 4.69) is 9.97 Å². The maximum Gasteiger partial charge on any atom is 0.260 e. The number of anilines is 1. The van der Waals surface area contributed by atoms with Crippen LogP contribution >= 0.6 is 0 Å². The largest absolute Gasteiger partial charge is 0.369 e. The molecule has 1 aromatic carbocycles. The topological polar surface area (TPSA) is 71.8 Å². The molecule has 0 amide bonds. The number of hydrogen-bond donors (Lipinski definition) is 2. The van der Waals surface area contributed by atoms with Crippen molar-refractivity contribution in [3.63, 3.8) is 0 Å². The fourth-order valence-corrected chi connectivity index (χ4v) is 2.23. The van der Waals surface area contributed by atoms with E-state index >= 15 is 0 Å². The standard InChI is InChI=1S/C12H11N3O/c13-12-14-9-6-5-7-3-1-2-4-8(7)10(9)11(16)15-12/h1-4H,5-6H2,(H3,13,14,15,16). The molecule has 0 unspecified atom stereocenters. The van der Waals surface area contributed by atoms with Crippen LogP contribution in [0.2, 0.25) is 0 Å². The third-order valence-electron chi connectivity index (χ3n) is 2.93. The van der Waals surface area contributed by atoms with Gasteiger partial charge in [0.05, 0.1) is 11.3 Å². The maximum absolute atomic E-state index is 11.9. The number of benzene rings is 1. The Morgan fingerprint density at radius 1 is 1.25 bits per heavy atom. The fourth-order valence-electron chi connectivity index (χ4n) is 2.23. The zero-order chi connectivity index (χ0) is 11.1. The van der Waals surface area contributed by atoms with Crippen molar-refractivity contribution >= 4 is 5.95 Å². The van der Waals surface area contributed by atoms with Gasteiger partial charge in [-0.25, -0.2) is 4.98 Å². The first-order valence-corrected chi connectivity index (χ1v) is 5.22. The molecule has 2 aromatic rings. The minimum Gasteiger partial charge on any atom is -0.369 e. The van der Waals surface area contributed by atoms with E-state index in [9.17, 15) is 4.79 Å². The highest BCUT2D eigenvalue weighted by Crippen LogP contribution is 2.29. The third kappa shape index (κ3) is 1.23. The molecule has 0 fully saturated rings. The van der Waals surface area contributed by atoms with E-state index in [4.69, 9.17) is 5.73 Å². The van der Waals surface area contributed by atoms with E-state index in [-0.39, 0.29) is 11.5 Å². The van der Waals surface area contributed by atoms with Crippen molar-refractivity contribution in [2.45, 2.75) is 12.8 Å². The van der Waals surface area contributed by atoms with Crippen LogP contribution in [0.15, 0.2) is 29.1 Å². The average molecular weight is 213 g/mol. The van der Waals surface area contributed by atoms with Crippen molar-refractivity contribution in [1.29, 1.82) is 0 Å². The van der Waals surface area contributed by atoms with E-state index < -0.39 is 0 Å². The summed E-state index contributed by atoms with van der Waals surface area (Å²) in [5.74, 6) is 0.197. The molecule has 0 saturated carbocycles. The van der Waals surface area contributed by atoms with Gasteiger partial charge in [-0.3, -0.25) is 9.78 Å². The monoisotopic (exact) mass is 213 g/mol. The Kier molecular flexibility index (Phi) is 1.83. The van der Waals surface area contributed by atoms with E-state index in [1.165, 1.54) is 5.56 Å². The second-order valence-electron chi connectivity index (χ2n) is 3.93. The molecule has 3 N–H and O–H groups in total. The lowest BCUT2D eigenvalue weighted by atomic mass is 9.89. The summed E-state index contributed by atoms with van der Waals surface area (Å²) in [6.07, 6.45) is 1.69. The SMILES string of the molecule is Nc1nc2c(c(=O)[nH]1)-c1ccccc1CC2. The van der Waals surface area contributed by atoms with Crippen molar-refractivity contribution in [1.82, 2.24) is 9.97 Å². The van der Waals surface area contributed by atoms with Crippen LogP contribution in [0.3, 0.4) is 0 Å². The van der Waals surface area contributed by atoms with Gasteiger partial charge >= 0.3 is 0 Å². The molecule has 0 radical (unpaired) electrons. The Balaban J connectivity index is 2.36. The van der Waals surface area contributed by atoms with E-state index in [1.54, 1.807) is 0 Å². The number of nitrogens with zero attached hydrogens (tertiary/aromatic N) is 1. The normalized spacial score (nSPS) is 13.0. The summed E-state index contributed by atoms with van der Waals surface area (Å²) in [6, 6.07) is 7.93. The lowest BCUT2D eigenvalue weighted by Crippen LogP contribution is -2.20. The van der Waals surface area contributed by atoms with Gasteiger partial charge in [-0.1, -0.05) is 24.3 Å². The number of aromatic amines is 1. The summed E-state index contributed by atoms with van der Waals surface area (Å²) < 4.78 is 0. The Labute approximate surface area is 92.2 Å². The highest BCUT2D eigenvalue weighted by atomic mass is 16.1. The number of aromatic nitrogens is 2. The number of hydrogen-bond acceptors (Lipinski definition) is 3. The van der Waals surface area contributed by atoms with Gasteiger partial charge in [-0.15, -0.1) is 0 Å². The van der Waals surface area contributed by atoms with Crippen LogP contribution in [0.1, 0.15) is 11.3 Å². The minimum absolute atomic E-state index is 0.144. The summed E-state index contributed by atoms with van der Waals surface area (Å²) in [5, 5.41) is 0. The average Bonchev–Trinajstić information content (AvgIpc) is 2.28. The number of nitrogens with one attached hydrogen (secondary N) is 1.